The molecule has 7 nitrogen and oxygen atoms in total. The van der Waals surface area contributed by atoms with E-state index in [0.717, 1.165) is 18.9 Å². The van der Waals surface area contributed by atoms with Gasteiger partial charge in [0.25, 0.3) is 0 Å². The van der Waals surface area contributed by atoms with Crippen LogP contribution in [0.4, 0.5) is 5.82 Å². The maximum absolute atomic E-state index is 9.74. The molecule has 1 aliphatic rings. The second-order valence-electron chi connectivity index (χ2n) is 6.49. The Balaban J connectivity index is 1.72. The summed E-state index contributed by atoms with van der Waals surface area (Å²) in [6.07, 6.45) is 5.70. The fourth-order valence-electron chi connectivity index (χ4n) is 3.17. The molecule has 0 aliphatic carbocycles. The molecule has 1 aliphatic heterocycles. The quantitative estimate of drug-likeness (QED) is 0.856. The van der Waals surface area contributed by atoms with E-state index >= 15 is 0 Å². The summed E-state index contributed by atoms with van der Waals surface area (Å²) >= 11 is 0. The summed E-state index contributed by atoms with van der Waals surface area (Å²) in [6.45, 7) is 6.73. The Morgan fingerprint density at radius 2 is 2.22 bits per heavy atom. The van der Waals surface area contributed by atoms with Crippen LogP contribution in [0.1, 0.15) is 37.2 Å². The zero-order valence-electron chi connectivity index (χ0n) is 13.6. The van der Waals surface area contributed by atoms with Crippen molar-refractivity contribution in [2.24, 2.45) is 5.92 Å². The maximum atomic E-state index is 9.74. The number of aliphatic hydroxyl groups excluding tert-OH is 1. The zero-order chi connectivity index (χ0) is 16.4. The molecule has 2 aromatic heterocycles. The molecule has 0 bridgehead atoms. The third-order valence-electron chi connectivity index (χ3n) is 4.42. The number of nitrogen functional groups attached to an aromatic ring is 1. The number of aromatic nitrogens is 4. The molecule has 7 heteroatoms. The van der Waals surface area contributed by atoms with E-state index in [4.69, 9.17) is 5.73 Å². The Morgan fingerprint density at radius 1 is 1.39 bits per heavy atom. The molecule has 0 saturated carbocycles. The number of hydrogen-bond donors (Lipinski definition) is 2. The molecule has 2 aromatic rings. The van der Waals surface area contributed by atoms with Crippen molar-refractivity contribution in [3.63, 3.8) is 0 Å². The van der Waals surface area contributed by atoms with Gasteiger partial charge in [0.1, 0.15) is 11.6 Å². The van der Waals surface area contributed by atoms with Crippen LogP contribution in [0.2, 0.25) is 0 Å². The van der Waals surface area contributed by atoms with Crippen molar-refractivity contribution in [1.29, 1.82) is 0 Å². The van der Waals surface area contributed by atoms with Crippen LogP contribution in [0.15, 0.2) is 24.7 Å². The first kappa shape index (κ1) is 15.9. The molecule has 1 saturated heterocycles. The van der Waals surface area contributed by atoms with Gasteiger partial charge in [-0.2, -0.15) is 5.10 Å². The van der Waals surface area contributed by atoms with Gasteiger partial charge in [-0.15, -0.1) is 0 Å². The van der Waals surface area contributed by atoms with E-state index < -0.39 is 0 Å². The van der Waals surface area contributed by atoms with Crippen molar-refractivity contribution in [1.82, 2.24) is 24.6 Å². The molecular formula is C16H24N6O. The van der Waals surface area contributed by atoms with Crippen molar-refractivity contribution in [2.75, 3.05) is 25.4 Å². The summed E-state index contributed by atoms with van der Waals surface area (Å²) in [6, 6.07) is 2.03. The van der Waals surface area contributed by atoms with Crippen LogP contribution in [-0.4, -0.2) is 49.5 Å². The Bertz CT molecular complexity index is 656. The van der Waals surface area contributed by atoms with Crippen LogP contribution < -0.4 is 5.73 Å². The van der Waals surface area contributed by atoms with Gasteiger partial charge < -0.3 is 10.8 Å². The average molecular weight is 316 g/mol. The fourth-order valence-corrected chi connectivity index (χ4v) is 3.17. The van der Waals surface area contributed by atoms with Gasteiger partial charge in [-0.1, -0.05) is 0 Å². The molecule has 124 valence electrons. The second kappa shape index (κ2) is 6.64. The summed E-state index contributed by atoms with van der Waals surface area (Å²) in [4.78, 5) is 10.8. The Hall–Kier alpha value is -1.99. The van der Waals surface area contributed by atoms with Gasteiger partial charge in [0.05, 0.1) is 12.7 Å². The molecule has 3 rings (SSSR count). The standard InChI is InChI=1S/C16H24N6O/c1-11(2)22-7-12(5-19-22)14-8-21(6-13(14)10-23)9-16-18-4-3-15(17)20-16/h3-5,7,11,13-14,23H,6,8-10H2,1-2H3,(H2,17,18,20)/t13-,14-/m0/s1. The lowest BCUT2D eigenvalue weighted by Crippen LogP contribution is -2.22. The summed E-state index contributed by atoms with van der Waals surface area (Å²) in [5.41, 5.74) is 6.90. The minimum absolute atomic E-state index is 0.172. The van der Waals surface area contributed by atoms with E-state index in [1.165, 1.54) is 5.56 Å². The lowest BCUT2D eigenvalue weighted by Gasteiger charge is -2.14. The van der Waals surface area contributed by atoms with Crippen LogP contribution in [0.3, 0.4) is 0 Å². The number of likely N-dealkylation sites (tertiary alicyclic amines) is 1. The first-order valence-corrected chi connectivity index (χ1v) is 8.01. The molecule has 0 aromatic carbocycles. The van der Waals surface area contributed by atoms with Gasteiger partial charge in [0.2, 0.25) is 0 Å². The molecule has 1 fully saturated rings. The summed E-state index contributed by atoms with van der Waals surface area (Å²) in [7, 11) is 0. The van der Waals surface area contributed by atoms with Crippen molar-refractivity contribution >= 4 is 5.82 Å². The largest absolute Gasteiger partial charge is 0.396 e. The molecular weight excluding hydrogens is 292 g/mol. The molecule has 3 heterocycles. The fraction of sp³-hybridized carbons (Fsp3) is 0.562. The molecule has 0 spiro atoms. The molecule has 3 N–H and O–H groups in total. The Labute approximate surface area is 136 Å². The molecule has 0 unspecified atom stereocenters. The average Bonchev–Trinajstić information content (AvgIpc) is 3.13. The van der Waals surface area contributed by atoms with Crippen LogP contribution >= 0.6 is 0 Å². The van der Waals surface area contributed by atoms with Gasteiger partial charge in [-0.25, -0.2) is 9.97 Å². The normalized spacial score (nSPS) is 22.1. The van der Waals surface area contributed by atoms with E-state index in [0.29, 0.717) is 18.4 Å². The first-order valence-electron chi connectivity index (χ1n) is 8.01. The monoisotopic (exact) mass is 316 g/mol. The highest BCUT2D eigenvalue weighted by molar-refractivity contribution is 5.25. The van der Waals surface area contributed by atoms with Crippen molar-refractivity contribution in [3.05, 3.63) is 36.0 Å². The number of aliphatic hydroxyl groups is 1. The zero-order valence-corrected chi connectivity index (χ0v) is 13.6. The topological polar surface area (TPSA) is 93.1 Å². The molecule has 0 amide bonds. The lowest BCUT2D eigenvalue weighted by molar-refractivity contribution is 0.213. The predicted octanol–water partition coefficient (Wildman–Crippen LogP) is 1.04. The molecule has 0 radical (unpaired) electrons. The number of anilines is 1. The number of nitrogens with two attached hydrogens (primary N) is 1. The Morgan fingerprint density at radius 3 is 2.87 bits per heavy atom. The third-order valence-corrected chi connectivity index (χ3v) is 4.42. The van der Waals surface area contributed by atoms with E-state index in [9.17, 15) is 5.11 Å². The van der Waals surface area contributed by atoms with Crippen LogP contribution in [0.5, 0.6) is 0 Å². The van der Waals surface area contributed by atoms with E-state index in [1.54, 1.807) is 12.3 Å². The van der Waals surface area contributed by atoms with Crippen molar-refractivity contribution in [3.8, 4) is 0 Å². The van der Waals surface area contributed by atoms with E-state index in [2.05, 4.69) is 40.0 Å². The third kappa shape index (κ3) is 3.51. The van der Waals surface area contributed by atoms with Gasteiger partial charge in [0.15, 0.2) is 0 Å². The van der Waals surface area contributed by atoms with Crippen LogP contribution in [0, 0.1) is 5.92 Å². The minimum Gasteiger partial charge on any atom is -0.396 e. The van der Waals surface area contributed by atoms with Gasteiger partial charge >= 0.3 is 0 Å². The van der Waals surface area contributed by atoms with Gasteiger partial charge in [-0.3, -0.25) is 9.58 Å². The van der Waals surface area contributed by atoms with Gasteiger partial charge in [0, 0.05) is 50.0 Å². The predicted molar refractivity (Wildman–Crippen MR) is 87.7 cm³/mol. The molecule has 23 heavy (non-hydrogen) atoms. The lowest BCUT2D eigenvalue weighted by atomic mass is 9.92. The summed E-state index contributed by atoms with van der Waals surface area (Å²) in [5, 5.41) is 14.2. The van der Waals surface area contributed by atoms with Crippen LogP contribution in [-0.2, 0) is 6.54 Å². The summed E-state index contributed by atoms with van der Waals surface area (Å²) in [5.74, 6) is 1.71. The van der Waals surface area contributed by atoms with E-state index in [-0.39, 0.29) is 18.4 Å². The molecule has 2 atom stereocenters. The SMILES string of the molecule is CC(C)n1cc([C@@H]2CN(Cc3nccc(N)n3)C[C@H]2CO)cn1. The highest BCUT2D eigenvalue weighted by Gasteiger charge is 2.34. The second-order valence-corrected chi connectivity index (χ2v) is 6.49. The number of hydrogen-bond acceptors (Lipinski definition) is 6. The number of nitrogens with zero attached hydrogens (tertiary/aromatic N) is 5. The van der Waals surface area contributed by atoms with Crippen molar-refractivity contribution < 1.29 is 5.11 Å². The van der Waals surface area contributed by atoms with E-state index in [1.807, 2.05) is 10.9 Å². The summed E-state index contributed by atoms with van der Waals surface area (Å²) < 4.78 is 1.97. The maximum Gasteiger partial charge on any atom is 0.144 e. The minimum atomic E-state index is 0.172. The van der Waals surface area contributed by atoms with Crippen LogP contribution in [0.25, 0.3) is 0 Å². The van der Waals surface area contributed by atoms with Gasteiger partial charge in [-0.05, 0) is 25.5 Å². The highest BCUT2D eigenvalue weighted by Crippen LogP contribution is 2.33. The number of rotatable bonds is 5. The Kier molecular flexibility index (Phi) is 4.58. The first-order chi connectivity index (χ1) is 11.1. The smallest absolute Gasteiger partial charge is 0.144 e. The highest BCUT2D eigenvalue weighted by atomic mass is 16.3. The van der Waals surface area contributed by atoms with Crippen molar-refractivity contribution in [2.45, 2.75) is 32.4 Å².